The number of carbonyl (C=O) groups excluding carboxylic acids is 1. The van der Waals surface area contributed by atoms with Gasteiger partial charge in [0.25, 0.3) is 5.91 Å². The van der Waals surface area contributed by atoms with Crippen molar-refractivity contribution in [3.8, 4) is 11.3 Å². The van der Waals surface area contributed by atoms with Gasteiger partial charge in [-0.2, -0.15) is 0 Å². The predicted molar refractivity (Wildman–Crippen MR) is 115 cm³/mol. The Bertz CT molecular complexity index is 1020. The number of aliphatic hydroxyl groups is 1. The van der Waals surface area contributed by atoms with Gasteiger partial charge in [0.1, 0.15) is 16.7 Å². The number of nitrogens with two attached hydrogens (primary N) is 2. The summed E-state index contributed by atoms with van der Waals surface area (Å²) in [4.78, 5) is 25.1. The molecule has 1 aromatic carbocycles. The lowest BCUT2D eigenvalue weighted by atomic mass is 10.2. The van der Waals surface area contributed by atoms with Gasteiger partial charge in [0.05, 0.1) is 23.7 Å². The van der Waals surface area contributed by atoms with Gasteiger partial charge in [0, 0.05) is 10.7 Å². The van der Waals surface area contributed by atoms with Crippen molar-refractivity contribution in [3.63, 3.8) is 0 Å². The largest absolute Gasteiger partial charge is 0.391 e. The minimum Gasteiger partial charge on any atom is -0.391 e. The van der Waals surface area contributed by atoms with Gasteiger partial charge in [0.2, 0.25) is 0 Å². The van der Waals surface area contributed by atoms with Gasteiger partial charge < -0.3 is 26.9 Å². The number of guanidine groups is 1. The number of aromatic amines is 1. The van der Waals surface area contributed by atoms with Crippen LogP contribution in [0.15, 0.2) is 41.4 Å². The topological polar surface area (TPSA) is 142 Å². The summed E-state index contributed by atoms with van der Waals surface area (Å²) in [7, 11) is 0. The van der Waals surface area contributed by atoms with Crippen molar-refractivity contribution >= 4 is 34.8 Å². The molecule has 0 saturated heterocycles. The van der Waals surface area contributed by atoms with Crippen LogP contribution < -0.4 is 16.8 Å². The van der Waals surface area contributed by atoms with Crippen LogP contribution in [0, 0.1) is 6.92 Å². The first kappa shape index (κ1) is 20.8. The fourth-order valence-corrected chi connectivity index (χ4v) is 3.78. The smallest absolute Gasteiger partial charge is 0.268 e. The van der Waals surface area contributed by atoms with Gasteiger partial charge in [-0.15, -0.1) is 11.3 Å². The number of amides is 1. The zero-order valence-corrected chi connectivity index (χ0v) is 17.2. The van der Waals surface area contributed by atoms with Gasteiger partial charge >= 0.3 is 0 Å². The Morgan fingerprint density at radius 3 is 2.66 bits per heavy atom. The maximum atomic E-state index is 12.8. The molecule has 0 spiro atoms. The number of benzene rings is 1. The molecule has 0 saturated carbocycles. The molecule has 29 heavy (non-hydrogen) atoms. The number of halogens is 1. The van der Waals surface area contributed by atoms with Crippen LogP contribution in [0.25, 0.3) is 11.3 Å². The molecule has 152 valence electrons. The highest BCUT2D eigenvalue weighted by atomic mass is 35.5. The van der Waals surface area contributed by atoms with Crippen LogP contribution in [-0.2, 0) is 6.61 Å². The number of aliphatic hydroxyl groups excluding tert-OH is 1. The molecule has 0 bridgehead atoms. The van der Waals surface area contributed by atoms with E-state index in [9.17, 15) is 9.90 Å². The Hall–Kier alpha value is -2.88. The zero-order chi connectivity index (χ0) is 21.0. The summed E-state index contributed by atoms with van der Waals surface area (Å²) in [6, 6.07) is 10.3. The van der Waals surface area contributed by atoms with E-state index in [1.165, 1.54) is 11.3 Å². The van der Waals surface area contributed by atoms with Crippen molar-refractivity contribution in [3.05, 3.63) is 62.7 Å². The van der Waals surface area contributed by atoms with Crippen LogP contribution in [0.4, 0.5) is 0 Å². The summed E-state index contributed by atoms with van der Waals surface area (Å²) in [6.45, 7) is 1.82. The van der Waals surface area contributed by atoms with Crippen LogP contribution >= 0.6 is 22.9 Å². The molecular weight excluding hydrogens is 412 g/mol. The van der Waals surface area contributed by atoms with E-state index in [1.54, 1.807) is 25.1 Å². The molecule has 1 unspecified atom stereocenters. The highest BCUT2D eigenvalue weighted by Crippen LogP contribution is 2.25. The van der Waals surface area contributed by atoms with Crippen LogP contribution in [0.1, 0.15) is 32.1 Å². The third-order valence-electron chi connectivity index (χ3n) is 4.20. The van der Waals surface area contributed by atoms with E-state index in [0.717, 1.165) is 16.1 Å². The number of thiazole rings is 1. The molecule has 2 aromatic heterocycles. The van der Waals surface area contributed by atoms with Gasteiger partial charge in [-0.05, 0) is 36.8 Å². The Labute approximate surface area is 176 Å². The third-order valence-corrected chi connectivity index (χ3v) is 5.71. The number of nitrogens with zero attached hydrogens (tertiary/aromatic N) is 2. The Kier molecular flexibility index (Phi) is 6.53. The van der Waals surface area contributed by atoms with E-state index in [1.807, 2.05) is 18.2 Å². The number of rotatable bonds is 7. The maximum absolute atomic E-state index is 12.8. The number of nitrogens with one attached hydrogen (secondary N) is 2. The molecule has 2 heterocycles. The molecule has 0 aliphatic rings. The summed E-state index contributed by atoms with van der Waals surface area (Å²) < 4.78 is 0. The summed E-state index contributed by atoms with van der Waals surface area (Å²) in [6.07, 6.45) is 0. The molecule has 3 aromatic rings. The second-order valence-corrected chi connectivity index (χ2v) is 7.85. The van der Waals surface area contributed by atoms with Crippen molar-refractivity contribution in [2.24, 2.45) is 16.5 Å². The second kappa shape index (κ2) is 9.08. The van der Waals surface area contributed by atoms with Crippen LogP contribution in [0.2, 0.25) is 5.02 Å². The highest BCUT2D eigenvalue weighted by molar-refractivity contribution is 7.11. The monoisotopic (exact) mass is 432 g/mol. The average molecular weight is 433 g/mol. The fourth-order valence-electron chi connectivity index (χ4n) is 2.69. The molecule has 7 N–H and O–H groups in total. The van der Waals surface area contributed by atoms with Crippen LogP contribution in [0.3, 0.4) is 0 Å². The number of hydrogen-bond acceptors (Lipinski definition) is 5. The lowest BCUT2D eigenvalue weighted by molar-refractivity contribution is 0.0933. The Balaban J connectivity index is 1.80. The maximum Gasteiger partial charge on any atom is 0.268 e. The molecule has 8 nitrogen and oxygen atoms in total. The van der Waals surface area contributed by atoms with Gasteiger partial charge in [0.15, 0.2) is 5.96 Å². The number of hydrogen-bond donors (Lipinski definition) is 5. The lowest BCUT2D eigenvalue weighted by Gasteiger charge is -2.14. The van der Waals surface area contributed by atoms with E-state index < -0.39 is 6.04 Å². The molecule has 0 aliphatic carbocycles. The van der Waals surface area contributed by atoms with Gasteiger partial charge in [-0.3, -0.25) is 9.79 Å². The molecule has 0 aliphatic heterocycles. The summed E-state index contributed by atoms with van der Waals surface area (Å²) >= 11 is 7.23. The van der Waals surface area contributed by atoms with Crippen molar-refractivity contribution in [2.75, 3.05) is 6.54 Å². The van der Waals surface area contributed by atoms with Crippen molar-refractivity contribution < 1.29 is 9.90 Å². The third kappa shape index (κ3) is 5.14. The first-order chi connectivity index (χ1) is 13.9. The Morgan fingerprint density at radius 2 is 2.03 bits per heavy atom. The van der Waals surface area contributed by atoms with Crippen molar-refractivity contribution in [1.82, 2.24) is 15.3 Å². The van der Waals surface area contributed by atoms with Crippen LogP contribution in [-0.4, -0.2) is 33.5 Å². The lowest BCUT2D eigenvalue weighted by Crippen LogP contribution is -2.32. The number of H-pyrrole nitrogens is 1. The molecule has 10 heteroatoms. The van der Waals surface area contributed by atoms with E-state index >= 15 is 0 Å². The number of aromatic nitrogens is 2. The molecule has 3 rings (SSSR count). The number of aliphatic imine (C=N–C) groups is 1. The zero-order valence-electron chi connectivity index (χ0n) is 15.6. The van der Waals surface area contributed by atoms with Crippen LogP contribution in [0.5, 0.6) is 0 Å². The quantitative estimate of drug-likeness (QED) is 0.287. The van der Waals surface area contributed by atoms with Gasteiger partial charge in [-0.1, -0.05) is 23.7 Å². The van der Waals surface area contributed by atoms with Crippen molar-refractivity contribution in [1.29, 1.82) is 0 Å². The first-order valence-corrected chi connectivity index (χ1v) is 9.95. The first-order valence-electron chi connectivity index (χ1n) is 8.75. The standard InChI is InChI=1S/C19H21ClN6O2S/c1-10-16(9-27)29-18(24-10)15(8-23-19(21)22)26-17(28)14-7-6-13(25-14)11-2-4-12(20)5-3-11/h2-7,15,25,27H,8-9H2,1H3,(H,26,28)(H4,21,22,23). The minimum absolute atomic E-state index is 0.0789. The molecule has 1 amide bonds. The van der Waals surface area contributed by atoms with E-state index in [0.29, 0.717) is 21.4 Å². The Morgan fingerprint density at radius 1 is 1.31 bits per heavy atom. The predicted octanol–water partition coefficient (Wildman–Crippen LogP) is 2.34. The van der Waals surface area contributed by atoms with E-state index in [-0.39, 0.29) is 25.0 Å². The van der Waals surface area contributed by atoms with E-state index in [2.05, 4.69) is 20.3 Å². The van der Waals surface area contributed by atoms with E-state index in [4.69, 9.17) is 23.1 Å². The molecular formula is C19H21ClN6O2S. The molecule has 0 fully saturated rings. The number of carbonyl (C=O) groups is 1. The minimum atomic E-state index is -0.532. The SMILES string of the molecule is Cc1nc(C(CN=C(N)N)NC(=O)c2ccc(-c3ccc(Cl)cc3)[nH]2)sc1CO. The van der Waals surface area contributed by atoms with Gasteiger partial charge in [-0.25, -0.2) is 4.98 Å². The number of aryl methyl sites for hydroxylation is 1. The summed E-state index contributed by atoms with van der Waals surface area (Å²) in [5.41, 5.74) is 13.7. The normalized spacial score (nSPS) is 11.8. The highest BCUT2D eigenvalue weighted by Gasteiger charge is 2.21. The molecule has 1 atom stereocenters. The summed E-state index contributed by atoms with van der Waals surface area (Å²) in [5.74, 6) is -0.399. The summed E-state index contributed by atoms with van der Waals surface area (Å²) in [5, 5.41) is 13.6. The van der Waals surface area contributed by atoms with Crippen molar-refractivity contribution in [2.45, 2.75) is 19.6 Å². The average Bonchev–Trinajstić information content (AvgIpc) is 3.32. The second-order valence-electron chi connectivity index (χ2n) is 6.30. The molecule has 0 radical (unpaired) electrons. The fraction of sp³-hybridized carbons (Fsp3) is 0.211.